The summed E-state index contributed by atoms with van der Waals surface area (Å²) in [5.74, 6) is 0.413. The van der Waals surface area contributed by atoms with Crippen molar-refractivity contribution in [2.24, 2.45) is 0 Å². The average molecular weight is 234 g/mol. The first-order chi connectivity index (χ1) is 8.29. The molecule has 1 aromatic carbocycles. The van der Waals surface area contributed by atoms with Crippen LogP contribution < -0.4 is 5.32 Å². The molecule has 1 N–H and O–H groups in total. The molecule has 0 atom stereocenters. The van der Waals surface area contributed by atoms with Crippen molar-refractivity contribution in [3.05, 3.63) is 41.8 Å². The molecule has 0 unspecified atom stereocenters. The molecular weight excluding hydrogens is 219 g/mol. The van der Waals surface area contributed by atoms with E-state index in [1.54, 1.807) is 12.1 Å². The van der Waals surface area contributed by atoms with Crippen LogP contribution in [0.4, 0.5) is 4.39 Å². The molecule has 0 saturated carbocycles. The van der Waals surface area contributed by atoms with Crippen molar-refractivity contribution < 1.29 is 8.91 Å². The van der Waals surface area contributed by atoms with E-state index in [-0.39, 0.29) is 5.82 Å². The Morgan fingerprint density at radius 2 is 2.06 bits per heavy atom. The molecule has 17 heavy (non-hydrogen) atoms. The van der Waals surface area contributed by atoms with E-state index in [2.05, 4.69) is 17.4 Å². The second-order valence-electron chi connectivity index (χ2n) is 3.87. The van der Waals surface area contributed by atoms with Gasteiger partial charge in [0, 0.05) is 18.2 Å². The Morgan fingerprint density at radius 3 is 2.76 bits per heavy atom. The molecule has 0 aliphatic carbocycles. The fourth-order valence-electron chi connectivity index (χ4n) is 1.54. The van der Waals surface area contributed by atoms with Gasteiger partial charge in [0.05, 0.1) is 5.69 Å². The van der Waals surface area contributed by atoms with Crippen molar-refractivity contribution in [2.45, 2.75) is 19.9 Å². The first-order valence-corrected chi connectivity index (χ1v) is 5.72. The lowest BCUT2D eigenvalue weighted by Gasteiger charge is -1.96. The molecule has 1 aromatic heterocycles. The first-order valence-electron chi connectivity index (χ1n) is 5.72. The quantitative estimate of drug-likeness (QED) is 0.808. The lowest BCUT2D eigenvalue weighted by atomic mass is 10.1. The monoisotopic (exact) mass is 234 g/mol. The Morgan fingerprint density at radius 1 is 1.29 bits per heavy atom. The molecule has 0 amide bonds. The number of rotatable bonds is 5. The van der Waals surface area contributed by atoms with Crippen LogP contribution in [0.2, 0.25) is 0 Å². The van der Waals surface area contributed by atoms with Gasteiger partial charge in [-0.2, -0.15) is 0 Å². The summed E-state index contributed by atoms with van der Waals surface area (Å²) in [4.78, 5) is 0. The summed E-state index contributed by atoms with van der Waals surface area (Å²) in [5, 5.41) is 7.20. The second kappa shape index (κ2) is 5.59. The van der Waals surface area contributed by atoms with Crippen LogP contribution in [0, 0.1) is 5.82 Å². The van der Waals surface area contributed by atoms with Gasteiger partial charge in [-0.15, -0.1) is 0 Å². The highest BCUT2D eigenvalue weighted by Gasteiger charge is 2.06. The van der Waals surface area contributed by atoms with Gasteiger partial charge < -0.3 is 9.84 Å². The predicted octanol–water partition coefficient (Wildman–Crippen LogP) is 2.98. The zero-order valence-corrected chi connectivity index (χ0v) is 9.74. The topological polar surface area (TPSA) is 38.1 Å². The van der Waals surface area contributed by atoms with Gasteiger partial charge in [-0.05, 0) is 37.2 Å². The molecule has 0 fully saturated rings. The summed E-state index contributed by atoms with van der Waals surface area (Å²) in [5.41, 5.74) is 1.69. The van der Waals surface area contributed by atoms with Crippen LogP contribution in [0.3, 0.4) is 0 Å². The smallest absolute Gasteiger partial charge is 0.167 e. The molecule has 0 bridgehead atoms. The molecule has 0 saturated heterocycles. The van der Waals surface area contributed by atoms with Crippen LogP contribution in [0.25, 0.3) is 11.3 Å². The van der Waals surface area contributed by atoms with E-state index in [0.717, 1.165) is 24.2 Å². The van der Waals surface area contributed by atoms with Crippen molar-refractivity contribution in [3.63, 3.8) is 0 Å². The lowest BCUT2D eigenvalue weighted by Crippen LogP contribution is -2.13. The normalized spacial score (nSPS) is 10.7. The molecule has 2 rings (SSSR count). The number of aromatic nitrogens is 1. The Balaban J connectivity index is 2.04. The molecule has 0 aliphatic rings. The minimum absolute atomic E-state index is 0.252. The Labute approximate surface area is 99.6 Å². The SMILES string of the molecule is CCCNCc1cc(-c2ccc(F)cc2)on1. The standard InChI is InChI=1S/C13H15FN2O/c1-2-7-15-9-12-8-13(17-16-12)10-3-5-11(14)6-4-10/h3-6,8,15H,2,7,9H2,1H3. The van der Waals surface area contributed by atoms with Gasteiger partial charge >= 0.3 is 0 Å². The number of benzene rings is 1. The maximum absolute atomic E-state index is 12.8. The molecule has 2 aromatic rings. The molecule has 1 heterocycles. The molecule has 0 aliphatic heterocycles. The van der Waals surface area contributed by atoms with E-state index in [4.69, 9.17) is 4.52 Å². The molecule has 0 spiro atoms. The predicted molar refractivity (Wildman–Crippen MR) is 63.9 cm³/mol. The minimum atomic E-state index is -0.252. The third kappa shape index (κ3) is 3.14. The van der Waals surface area contributed by atoms with Gasteiger partial charge in [0.15, 0.2) is 5.76 Å². The summed E-state index contributed by atoms with van der Waals surface area (Å²) < 4.78 is 18.0. The summed E-state index contributed by atoms with van der Waals surface area (Å²) in [6, 6.07) is 8.05. The van der Waals surface area contributed by atoms with Crippen molar-refractivity contribution in [1.29, 1.82) is 0 Å². The van der Waals surface area contributed by atoms with Crippen molar-refractivity contribution in [1.82, 2.24) is 10.5 Å². The molecular formula is C13H15FN2O. The maximum Gasteiger partial charge on any atom is 0.167 e. The van der Waals surface area contributed by atoms with Gasteiger partial charge in [-0.1, -0.05) is 12.1 Å². The highest BCUT2D eigenvalue weighted by atomic mass is 19.1. The van der Waals surface area contributed by atoms with Crippen LogP contribution >= 0.6 is 0 Å². The van der Waals surface area contributed by atoms with Crippen LogP contribution in [0.5, 0.6) is 0 Å². The van der Waals surface area contributed by atoms with Crippen molar-refractivity contribution in [2.75, 3.05) is 6.54 Å². The maximum atomic E-state index is 12.8. The average Bonchev–Trinajstić information content (AvgIpc) is 2.79. The van der Waals surface area contributed by atoms with Gasteiger partial charge in [0.2, 0.25) is 0 Å². The Hall–Kier alpha value is -1.68. The molecule has 0 radical (unpaired) electrons. The third-order valence-corrected chi connectivity index (χ3v) is 2.42. The van der Waals surface area contributed by atoms with E-state index in [0.29, 0.717) is 12.3 Å². The number of halogens is 1. The van der Waals surface area contributed by atoms with E-state index in [1.165, 1.54) is 12.1 Å². The zero-order chi connectivity index (χ0) is 12.1. The van der Waals surface area contributed by atoms with Crippen LogP contribution in [-0.4, -0.2) is 11.7 Å². The lowest BCUT2D eigenvalue weighted by molar-refractivity contribution is 0.420. The number of hydrogen-bond acceptors (Lipinski definition) is 3. The van der Waals surface area contributed by atoms with E-state index in [1.807, 2.05) is 6.07 Å². The minimum Gasteiger partial charge on any atom is -0.356 e. The fraction of sp³-hybridized carbons (Fsp3) is 0.308. The van der Waals surface area contributed by atoms with Crippen molar-refractivity contribution >= 4 is 0 Å². The van der Waals surface area contributed by atoms with E-state index >= 15 is 0 Å². The van der Waals surface area contributed by atoms with E-state index < -0.39 is 0 Å². The number of hydrogen-bond donors (Lipinski definition) is 1. The summed E-state index contributed by atoms with van der Waals surface area (Å²) in [6.45, 7) is 3.76. The van der Waals surface area contributed by atoms with Gasteiger partial charge in [-0.25, -0.2) is 4.39 Å². The Kier molecular flexibility index (Phi) is 3.88. The Bertz CT molecular complexity index is 465. The largest absolute Gasteiger partial charge is 0.356 e. The fourth-order valence-corrected chi connectivity index (χ4v) is 1.54. The zero-order valence-electron chi connectivity index (χ0n) is 9.74. The van der Waals surface area contributed by atoms with Crippen LogP contribution in [-0.2, 0) is 6.54 Å². The van der Waals surface area contributed by atoms with Gasteiger partial charge in [-0.3, -0.25) is 0 Å². The second-order valence-corrected chi connectivity index (χ2v) is 3.87. The summed E-state index contributed by atoms with van der Waals surface area (Å²) >= 11 is 0. The number of nitrogens with one attached hydrogen (secondary N) is 1. The molecule has 90 valence electrons. The van der Waals surface area contributed by atoms with E-state index in [9.17, 15) is 4.39 Å². The van der Waals surface area contributed by atoms with Gasteiger partial charge in [0.1, 0.15) is 5.82 Å². The van der Waals surface area contributed by atoms with Gasteiger partial charge in [0.25, 0.3) is 0 Å². The summed E-state index contributed by atoms with van der Waals surface area (Å²) in [6.07, 6.45) is 1.09. The van der Waals surface area contributed by atoms with Crippen LogP contribution in [0.15, 0.2) is 34.9 Å². The van der Waals surface area contributed by atoms with Crippen molar-refractivity contribution in [3.8, 4) is 11.3 Å². The van der Waals surface area contributed by atoms with Crippen LogP contribution in [0.1, 0.15) is 19.0 Å². The highest BCUT2D eigenvalue weighted by molar-refractivity contribution is 5.56. The molecule has 3 nitrogen and oxygen atoms in total. The highest BCUT2D eigenvalue weighted by Crippen LogP contribution is 2.20. The summed E-state index contributed by atoms with van der Waals surface area (Å²) in [7, 11) is 0. The first kappa shape index (κ1) is 11.8. The molecule has 4 heteroatoms. The third-order valence-electron chi connectivity index (χ3n) is 2.42. The number of nitrogens with zero attached hydrogens (tertiary/aromatic N) is 1.